The fraction of sp³-hybridized carbons (Fsp3) is 0.500. The van der Waals surface area contributed by atoms with Crippen molar-refractivity contribution >= 4 is 21.8 Å². The highest BCUT2D eigenvalue weighted by Gasteiger charge is 2.26. The number of piperidine rings is 1. The van der Waals surface area contributed by atoms with Gasteiger partial charge in [-0.15, -0.1) is 0 Å². The number of amides is 1. The maximum atomic E-state index is 12.1. The summed E-state index contributed by atoms with van der Waals surface area (Å²) < 4.78 is 1.06. The van der Waals surface area contributed by atoms with Gasteiger partial charge in [-0.3, -0.25) is 4.79 Å². The van der Waals surface area contributed by atoms with Crippen LogP contribution in [0.25, 0.3) is 0 Å². The lowest BCUT2D eigenvalue weighted by Gasteiger charge is -2.28. The van der Waals surface area contributed by atoms with Crippen molar-refractivity contribution in [3.63, 3.8) is 0 Å². The van der Waals surface area contributed by atoms with Gasteiger partial charge in [0.25, 0.3) is 0 Å². The molecular weight excluding hydrogens is 292 g/mol. The molecular formula is C14H19BrN2O. The zero-order chi connectivity index (χ0) is 13.0. The molecule has 1 aromatic rings. The van der Waals surface area contributed by atoms with Crippen LogP contribution >= 0.6 is 15.9 Å². The highest BCUT2D eigenvalue weighted by Crippen LogP contribution is 2.16. The van der Waals surface area contributed by atoms with E-state index in [2.05, 4.69) is 33.5 Å². The Morgan fingerprint density at radius 1 is 1.44 bits per heavy atom. The second kappa shape index (κ2) is 6.34. The summed E-state index contributed by atoms with van der Waals surface area (Å²) in [5.41, 5.74) is 1.12. The summed E-state index contributed by atoms with van der Waals surface area (Å²) in [5, 5.41) is 6.30. The molecule has 18 heavy (non-hydrogen) atoms. The van der Waals surface area contributed by atoms with E-state index in [1.54, 1.807) is 0 Å². The third-order valence-electron chi connectivity index (χ3n) is 3.43. The first-order valence-electron chi connectivity index (χ1n) is 6.42. The van der Waals surface area contributed by atoms with Crippen molar-refractivity contribution in [3.05, 3.63) is 34.3 Å². The van der Waals surface area contributed by atoms with Crippen LogP contribution in [0.5, 0.6) is 0 Å². The van der Waals surface area contributed by atoms with Gasteiger partial charge in [-0.2, -0.15) is 0 Å². The molecule has 2 unspecified atom stereocenters. The maximum absolute atomic E-state index is 12.1. The molecule has 0 radical (unpaired) electrons. The summed E-state index contributed by atoms with van der Waals surface area (Å²) in [4.78, 5) is 12.1. The Morgan fingerprint density at radius 3 is 2.83 bits per heavy atom. The van der Waals surface area contributed by atoms with E-state index in [-0.39, 0.29) is 11.9 Å². The molecule has 98 valence electrons. The molecule has 0 bridgehead atoms. The number of carbonyl (C=O) groups is 1. The summed E-state index contributed by atoms with van der Waals surface area (Å²) >= 11 is 3.40. The van der Waals surface area contributed by atoms with Crippen LogP contribution in [0.1, 0.15) is 25.3 Å². The van der Waals surface area contributed by atoms with E-state index in [0.29, 0.717) is 12.5 Å². The van der Waals surface area contributed by atoms with Gasteiger partial charge >= 0.3 is 0 Å². The number of halogens is 1. The third-order valence-corrected chi connectivity index (χ3v) is 3.96. The summed E-state index contributed by atoms with van der Waals surface area (Å²) in [6.07, 6.45) is 2.29. The normalized spacial score (nSPS) is 23.7. The van der Waals surface area contributed by atoms with E-state index >= 15 is 0 Å². The van der Waals surface area contributed by atoms with Crippen LogP contribution < -0.4 is 10.6 Å². The van der Waals surface area contributed by atoms with Gasteiger partial charge in [0.1, 0.15) is 0 Å². The van der Waals surface area contributed by atoms with E-state index in [1.807, 2.05) is 24.3 Å². The molecule has 0 saturated carbocycles. The average molecular weight is 311 g/mol. The number of nitrogens with one attached hydrogen (secondary N) is 2. The Morgan fingerprint density at radius 2 is 2.17 bits per heavy atom. The number of hydrogen-bond acceptors (Lipinski definition) is 2. The first-order chi connectivity index (χ1) is 8.66. The first-order valence-corrected chi connectivity index (χ1v) is 7.21. The molecule has 1 aromatic carbocycles. The van der Waals surface area contributed by atoms with Crippen molar-refractivity contribution in [1.82, 2.24) is 10.6 Å². The first kappa shape index (κ1) is 13.6. The lowest BCUT2D eigenvalue weighted by molar-refractivity contribution is -0.125. The summed E-state index contributed by atoms with van der Waals surface area (Å²) in [7, 11) is 0. The van der Waals surface area contributed by atoms with Crippen molar-refractivity contribution < 1.29 is 4.79 Å². The van der Waals surface area contributed by atoms with Gasteiger partial charge in [-0.05, 0) is 43.0 Å². The number of benzene rings is 1. The quantitative estimate of drug-likeness (QED) is 0.900. The molecule has 2 rings (SSSR count). The van der Waals surface area contributed by atoms with Crippen LogP contribution in [0.3, 0.4) is 0 Å². The topological polar surface area (TPSA) is 41.1 Å². The lowest BCUT2D eigenvalue weighted by atomic mass is 9.92. The smallest absolute Gasteiger partial charge is 0.237 e. The predicted molar refractivity (Wildman–Crippen MR) is 76.2 cm³/mol. The molecule has 2 atom stereocenters. The molecule has 1 aliphatic heterocycles. The van der Waals surface area contributed by atoms with Crippen molar-refractivity contribution in [2.45, 2.75) is 32.4 Å². The van der Waals surface area contributed by atoms with Gasteiger partial charge in [0, 0.05) is 11.0 Å². The van der Waals surface area contributed by atoms with Crippen molar-refractivity contribution in [2.24, 2.45) is 5.92 Å². The van der Waals surface area contributed by atoms with Crippen LogP contribution in [0, 0.1) is 5.92 Å². The Hall–Kier alpha value is -0.870. The third kappa shape index (κ3) is 3.56. The fourth-order valence-electron chi connectivity index (χ4n) is 2.30. The van der Waals surface area contributed by atoms with Crippen LogP contribution in [0.2, 0.25) is 0 Å². The van der Waals surface area contributed by atoms with Crippen molar-refractivity contribution in [3.8, 4) is 0 Å². The number of rotatable bonds is 3. The standard InChI is InChI=1S/C14H19BrN2O/c1-10-3-2-8-16-13(10)14(18)17-9-11-4-6-12(15)7-5-11/h4-7,10,13,16H,2-3,8-9H2,1H3,(H,17,18). The van der Waals surface area contributed by atoms with Crippen molar-refractivity contribution in [2.75, 3.05) is 6.54 Å². The fourth-order valence-corrected chi connectivity index (χ4v) is 2.57. The molecule has 2 N–H and O–H groups in total. The second-order valence-corrected chi connectivity index (χ2v) is 5.81. The highest BCUT2D eigenvalue weighted by atomic mass is 79.9. The van der Waals surface area contributed by atoms with E-state index in [9.17, 15) is 4.79 Å². The number of carbonyl (C=O) groups excluding carboxylic acids is 1. The summed E-state index contributed by atoms with van der Waals surface area (Å²) in [5.74, 6) is 0.536. The molecule has 1 saturated heterocycles. The highest BCUT2D eigenvalue weighted by molar-refractivity contribution is 9.10. The molecule has 0 aliphatic carbocycles. The Balaban J connectivity index is 1.85. The Labute approximate surface area is 116 Å². The summed E-state index contributed by atoms with van der Waals surface area (Å²) in [6, 6.07) is 7.98. The second-order valence-electron chi connectivity index (χ2n) is 4.90. The van der Waals surface area contributed by atoms with Crippen LogP contribution in [-0.2, 0) is 11.3 Å². The largest absolute Gasteiger partial charge is 0.351 e. The Bertz CT molecular complexity index is 405. The Kier molecular flexibility index (Phi) is 4.78. The number of hydrogen-bond donors (Lipinski definition) is 2. The average Bonchev–Trinajstić information content (AvgIpc) is 2.38. The minimum Gasteiger partial charge on any atom is -0.351 e. The zero-order valence-corrected chi connectivity index (χ0v) is 12.2. The van der Waals surface area contributed by atoms with Gasteiger partial charge in [-0.25, -0.2) is 0 Å². The van der Waals surface area contributed by atoms with Crippen LogP contribution in [-0.4, -0.2) is 18.5 Å². The predicted octanol–water partition coefficient (Wildman–Crippen LogP) is 2.45. The van der Waals surface area contributed by atoms with E-state index in [1.165, 1.54) is 0 Å². The van der Waals surface area contributed by atoms with E-state index in [0.717, 1.165) is 29.4 Å². The molecule has 1 fully saturated rings. The molecule has 1 heterocycles. The minimum absolute atomic E-state index is 0.0331. The maximum Gasteiger partial charge on any atom is 0.237 e. The molecule has 1 amide bonds. The SMILES string of the molecule is CC1CCCNC1C(=O)NCc1ccc(Br)cc1. The van der Waals surface area contributed by atoms with Gasteiger partial charge in [0.05, 0.1) is 6.04 Å². The molecule has 0 spiro atoms. The van der Waals surface area contributed by atoms with Crippen molar-refractivity contribution in [1.29, 1.82) is 0 Å². The summed E-state index contributed by atoms with van der Waals surface area (Å²) in [6.45, 7) is 3.67. The van der Waals surface area contributed by atoms with Gasteiger partial charge < -0.3 is 10.6 Å². The van der Waals surface area contributed by atoms with Gasteiger partial charge in [-0.1, -0.05) is 35.0 Å². The molecule has 1 aliphatic rings. The zero-order valence-electron chi connectivity index (χ0n) is 10.6. The minimum atomic E-state index is -0.0331. The van der Waals surface area contributed by atoms with Crippen LogP contribution in [0.15, 0.2) is 28.7 Å². The van der Waals surface area contributed by atoms with E-state index in [4.69, 9.17) is 0 Å². The molecule has 0 aromatic heterocycles. The molecule has 4 heteroatoms. The van der Waals surface area contributed by atoms with Crippen LogP contribution in [0.4, 0.5) is 0 Å². The van der Waals surface area contributed by atoms with Gasteiger partial charge in [0.15, 0.2) is 0 Å². The van der Waals surface area contributed by atoms with E-state index < -0.39 is 0 Å². The monoisotopic (exact) mass is 310 g/mol. The lowest BCUT2D eigenvalue weighted by Crippen LogP contribution is -2.50. The van der Waals surface area contributed by atoms with Gasteiger partial charge in [0.2, 0.25) is 5.91 Å². The molecule has 3 nitrogen and oxygen atoms in total.